The van der Waals surface area contributed by atoms with Crippen LogP contribution in [-0.2, 0) is 24.3 Å². The highest BCUT2D eigenvalue weighted by Crippen LogP contribution is 2.15. The third kappa shape index (κ3) is 4.57. The molecule has 2 aromatic rings. The van der Waals surface area contributed by atoms with Crippen LogP contribution in [0.25, 0.3) is 0 Å². The predicted molar refractivity (Wildman–Crippen MR) is 98.7 cm³/mol. The van der Waals surface area contributed by atoms with E-state index in [1.807, 2.05) is 28.8 Å². The van der Waals surface area contributed by atoms with Crippen molar-refractivity contribution in [1.29, 1.82) is 0 Å². The molecule has 1 amide bonds. The lowest BCUT2D eigenvalue weighted by molar-refractivity contribution is -0.127. The van der Waals surface area contributed by atoms with Gasteiger partial charge in [-0.25, -0.2) is 4.98 Å². The molecule has 1 aliphatic heterocycles. The van der Waals surface area contributed by atoms with Gasteiger partial charge in [0, 0.05) is 25.0 Å². The molecule has 1 aromatic heterocycles. The van der Waals surface area contributed by atoms with Gasteiger partial charge in [0.25, 0.3) is 0 Å². The Bertz CT molecular complexity index is 783. The molecule has 0 bridgehead atoms. The maximum atomic E-state index is 11.4. The fraction of sp³-hybridized carbons (Fsp3) is 0.316. The molecule has 1 aromatic carbocycles. The van der Waals surface area contributed by atoms with Gasteiger partial charge in [-0.1, -0.05) is 43.3 Å². The Kier molecular flexibility index (Phi) is 6.53. The van der Waals surface area contributed by atoms with Gasteiger partial charge in [-0.3, -0.25) is 9.59 Å². The van der Waals surface area contributed by atoms with Crippen molar-refractivity contribution in [2.24, 2.45) is 0 Å². The topological polar surface area (TPSA) is 55.2 Å². The molecule has 0 saturated carbocycles. The van der Waals surface area contributed by atoms with E-state index in [2.05, 4.69) is 18.5 Å². The van der Waals surface area contributed by atoms with Crippen LogP contribution in [0.3, 0.4) is 0 Å². The molecule has 1 aliphatic rings. The first-order chi connectivity index (χ1) is 12.0. The van der Waals surface area contributed by atoms with E-state index in [0.29, 0.717) is 25.3 Å². The number of hydrogen-bond donors (Lipinski definition) is 0. The van der Waals surface area contributed by atoms with Gasteiger partial charge in [-0.15, -0.1) is 0 Å². The summed E-state index contributed by atoms with van der Waals surface area (Å²) in [5, 5.41) is 0.875. The molecule has 0 unspecified atom stereocenters. The molecule has 25 heavy (non-hydrogen) atoms. The number of aromatic nitrogens is 2. The highest BCUT2D eigenvalue weighted by Gasteiger charge is 2.22. The Hall–Kier alpha value is -2.40. The molecule has 0 spiro atoms. The van der Waals surface area contributed by atoms with Crippen LogP contribution in [0.15, 0.2) is 43.1 Å². The first kappa shape index (κ1) is 18.9. The minimum atomic E-state index is -0.0985. The second kappa shape index (κ2) is 8.62. The van der Waals surface area contributed by atoms with Crippen molar-refractivity contribution in [2.45, 2.75) is 33.4 Å². The van der Waals surface area contributed by atoms with Crippen LogP contribution < -0.4 is 0 Å². The summed E-state index contributed by atoms with van der Waals surface area (Å²) < 4.78 is 1.87. The number of aryl methyl sites for hydroxylation is 1. The lowest BCUT2D eigenvalue weighted by Gasteiger charge is -2.27. The highest BCUT2D eigenvalue weighted by atomic mass is 35.5. The number of carbonyl (C=O) groups excluding carboxylic acids is 2. The molecule has 0 fully saturated rings. The Morgan fingerprint density at radius 2 is 2.04 bits per heavy atom. The largest absolute Gasteiger partial charge is 0.330 e. The van der Waals surface area contributed by atoms with Crippen molar-refractivity contribution in [3.05, 3.63) is 65.2 Å². The number of ketones is 1. The van der Waals surface area contributed by atoms with E-state index in [0.717, 1.165) is 17.3 Å². The normalized spacial score (nSPS) is 12.7. The molecular weight excluding hydrogens is 338 g/mol. The van der Waals surface area contributed by atoms with Crippen LogP contribution >= 0.6 is 11.6 Å². The third-order valence-corrected chi connectivity index (χ3v) is 4.42. The number of imidazole rings is 1. The van der Waals surface area contributed by atoms with Crippen molar-refractivity contribution < 1.29 is 9.59 Å². The third-order valence-electron chi connectivity index (χ3n) is 4.05. The molecule has 0 N–H and O–H groups in total. The number of amides is 1. The number of Topliss-reactive ketones (excluding diaryl/α,β-unsaturated/α-hetero) is 1. The van der Waals surface area contributed by atoms with E-state index in [9.17, 15) is 9.59 Å². The SMILES string of the molecule is C=CC(=O)N1CCn2c(C(C)=O)cnc2C1.CCc1ccccc1Cl. The summed E-state index contributed by atoms with van der Waals surface area (Å²) in [6.45, 7) is 8.72. The maximum Gasteiger partial charge on any atom is 0.246 e. The molecule has 0 saturated heterocycles. The van der Waals surface area contributed by atoms with Crippen molar-refractivity contribution >= 4 is 23.3 Å². The van der Waals surface area contributed by atoms with Crippen LogP contribution in [0.1, 0.15) is 35.7 Å². The van der Waals surface area contributed by atoms with Crippen LogP contribution in [0.5, 0.6) is 0 Å². The van der Waals surface area contributed by atoms with Crippen LogP contribution in [-0.4, -0.2) is 32.7 Å². The minimum Gasteiger partial charge on any atom is -0.330 e. The van der Waals surface area contributed by atoms with Crippen molar-refractivity contribution in [2.75, 3.05) is 6.54 Å². The predicted octanol–water partition coefficient (Wildman–Crippen LogP) is 3.52. The number of halogens is 1. The van der Waals surface area contributed by atoms with E-state index in [1.54, 1.807) is 11.1 Å². The summed E-state index contributed by atoms with van der Waals surface area (Å²) in [6, 6.07) is 7.91. The summed E-state index contributed by atoms with van der Waals surface area (Å²) in [6.07, 6.45) is 3.88. The molecule has 0 atom stereocenters. The Morgan fingerprint density at radius 1 is 1.32 bits per heavy atom. The van der Waals surface area contributed by atoms with Gasteiger partial charge in [-0.05, 0) is 24.1 Å². The monoisotopic (exact) mass is 359 g/mol. The quantitative estimate of drug-likeness (QED) is 0.622. The standard InChI is InChI=1S/C11H13N3O2.C8H9Cl/c1-3-11(16)13-4-5-14-9(8(2)15)6-12-10(14)7-13;1-2-7-5-3-4-6-8(7)9/h3,6H,1,4-5,7H2,2H3;3-6H,2H2,1H3. The van der Waals surface area contributed by atoms with Gasteiger partial charge in [0.1, 0.15) is 11.5 Å². The summed E-state index contributed by atoms with van der Waals surface area (Å²) in [4.78, 5) is 28.5. The van der Waals surface area contributed by atoms with Gasteiger partial charge in [-0.2, -0.15) is 0 Å². The van der Waals surface area contributed by atoms with Gasteiger partial charge < -0.3 is 9.47 Å². The van der Waals surface area contributed by atoms with Crippen molar-refractivity contribution in [3.8, 4) is 0 Å². The number of rotatable bonds is 3. The first-order valence-corrected chi connectivity index (χ1v) is 8.55. The Balaban J connectivity index is 0.000000212. The number of nitrogens with zero attached hydrogens (tertiary/aromatic N) is 3. The lowest BCUT2D eigenvalue weighted by atomic mass is 10.2. The van der Waals surface area contributed by atoms with Crippen molar-refractivity contribution in [1.82, 2.24) is 14.5 Å². The number of fused-ring (bicyclic) bond motifs is 1. The van der Waals surface area contributed by atoms with Crippen molar-refractivity contribution in [3.63, 3.8) is 0 Å². The van der Waals surface area contributed by atoms with E-state index in [1.165, 1.54) is 18.6 Å². The molecule has 0 radical (unpaired) electrons. The summed E-state index contributed by atoms with van der Waals surface area (Å²) in [5.41, 5.74) is 1.83. The molecule has 132 valence electrons. The number of carbonyl (C=O) groups is 2. The van der Waals surface area contributed by atoms with E-state index in [4.69, 9.17) is 11.6 Å². The average molecular weight is 360 g/mol. The van der Waals surface area contributed by atoms with Gasteiger partial charge >= 0.3 is 0 Å². The fourth-order valence-electron chi connectivity index (χ4n) is 2.64. The first-order valence-electron chi connectivity index (χ1n) is 8.18. The molecule has 5 nitrogen and oxygen atoms in total. The Morgan fingerprint density at radius 3 is 2.60 bits per heavy atom. The van der Waals surface area contributed by atoms with Gasteiger partial charge in [0.05, 0.1) is 12.7 Å². The second-order valence-electron chi connectivity index (χ2n) is 5.68. The molecule has 3 rings (SSSR count). The smallest absolute Gasteiger partial charge is 0.246 e. The lowest BCUT2D eigenvalue weighted by Crippen LogP contribution is -2.38. The molecule has 6 heteroatoms. The molecular formula is C19H22ClN3O2. The summed E-state index contributed by atoms with van der Waals surface area (Å²) in [5.74, 6) is 0.660. The van der Waals surface area contributed by atoms with Crippen LogP contribution in [0.2, 0.25) is 5.02 Å². The zero-order chi connectivity index (χ0) is 18.4. The average Bonchev–Trinajstić information content (AvgIpc) is 3.05. The number of hydrogen-bond acceptors (Lipinski definition) is 3. The maximum absolute atomic E-state index is 11.4. The van der Waals surface area contributed by atoms with E-state index >= 15 is 0 Å². The fourth-order valence-corrected chi connectivity index (χ4v) is 2.91. The van der Waals surface area contributed by atoms with Gasteiger partial charge in [0.2, 0.25) is 5.91 Å². The second-order valence-corrected chi connectivity index (χ2v) is 6.08. The highest BCUT2D eigenvalue weighted by molar-refractivity contribution is 6.31. The zero-order valence-corrected chi connectivity index (χ0v) is 15.3. The molecule has 0 aliphatic carbocycles. The van der Waals surface area contributed by atoms with Crippen LogP contribution in [0.4, 0.5) is 0 Å². The van der Waals surface area contributed by atoms with E-state index in [-0.39, 0.29) is 11.7 Å². The zero-order valence-electron chi connectivity index (χ0n) is 14.5. The van der Waals surface area contributed by atoms with Gasteiger partial charge in [0.15, 0.2) is 5.78 Å². The minimum absolute atomic E-state index is 0.00208. The Labute approximate surface area is 152 Å². The summed E-state index contributed by atoms with van der Waals surface area (Å²) in [7, 11) is 0. The summed E-state index contributed by atoms with van der Waals surface area (Å²) >= 11 is 5.82. The number of benzene rings is 1. The van der Waals surface area contributed by atoms with E-state index < -0.39 is 0 Å². The molecule has 2 heterocycles. The van der Waals surface area contributed by atoms with Crippen LogP contribution in [0, 0.1) is 0 Å².